The molecule has 0 bridgehead atoms. The van der Waals surface area contributed by atoms with Gasteiger partial charge in [0.15, 0.2) is 0 Å². The number of nitrogens with one attached hydrogen (secondary N) is 1. The van der Waals surface area contributed by atoms with Crippen LogP contribution in [-0.2, 0) is 6.54 Å². The lowest BCUT2D eigenvalue weighted by Crippen LogP contribution is -2.48. The smallest absolute Gasteiger partial charge is 0.253 e. The zero-order valence-corrected chi connectivity index (χ0v) is 12.6. The van der Waals surface area contributed by atoms with Crippen LogP contribution in [0.3, 0.4) is 0 Å². The normalized spacial score (nSPS) is 16.4. The molecule has 1 aliphatic rings. The molecule has 110 valence electrons. The number of piperazine rings is 1. The summed E-state index contributed by atoms with van der Waals surface area (Å²) >= 11 is 0. The quantitative estimate of drug-likeness (QED) is 0.886. The third-order valence-electron chi connectivity index (χ3n) is 3.75. The molecule has 4 nitrogen and oxygen atoms in total. The lowest BCUT2D eigenvalue weighted by molar-refractivity contribution is 0.0637. The van der Waals surface area contributed by atoms with Gasteiger partial charge in [0.25, 0.3) is 5.91 Å². The molecule has 1 fully saturated rings. The first-order valence-electron chi connectivity index (χ1n) is 7.49. The predicted molar refractivity (Wildman–Crippen MR) is 81.8 cm³/mol. The number of nitrogens with zero attached hydrogens (tertiary/aromatic N) is 2. The Morgan fingerprint density at radius 1 is 1.25 bits per heavy atom. The molecule has 0 aliphatic carbocycles. The molecule has 0 aromatic heterocycles. The van der Waals surface area contributed by atoms with Gasteiger partial charge in [0.2, 0.25) is 0 Å². The van der Waals surface area contributed by atoms with E-state index in [2.05, 4.69) is 17.1 Å². The van der Waals surface area contributed by atoms with Crippen molar-refractivity contribution >= 4 is 5.91 Å². The summed E-state index contributed by atoms with van der Waals surface area (Å²) < 4.78 is 0. The Hall–Kier alpha value is -1.39. The van der Waals surface area contributed by atoms with Gasteiger partial charge in [-0.05, 0) is 37.7 Å². The molecule has 2 rings (SSSR count). The second-order valence-corrected chi connectivity index (χ2v) is 5.36. The fourth-order valence-electron chi connectivity index (χ4n) is 2.69. The van der Waals surface area contributed by atoms with E-state index in [0.717, 1.165) is 50.4 Å². The molecule has 20 heavy (non-hydrogen) atoms. The van der Waals surface area contributed by atoms with E-state index in [1.807, 2.05) is 36.2 Å². The number of benzene rings is 1. The average Bonchev–Trinajstić information content (AvgIpc) is 2.48. The van der Waals surface area contributed by atoms with Crippen molar-refractivity contribution in [2.75, 3.05) is 39.8 Å². The van der Waals surface area contributed by atoms with Gasteiger partial charge in [-0.2, -0.15) is 0 Å². The standard InChI is InChI=1S/C16H25N3O/c1-3-7-18-8-10-19(11-9-18)16(20)15-6-4-5-14(12-15)13-17-2/h4-6,12,17H,3,7-11,13H2,1-2H3. The van der Waals surface area contributed by atoms with Crippen molar-refractivity contribution in [1.29, 1.82) is 0 Å². The van der Waals surface area contributed by atoms with Crippen molar-refractivity contribution in [2.24, 2.45) is 0 Å². The van der Waals surface area contributed by atoms with Gasteiger partial charge in [0, 0.05) is 38.3 Å². The highest BCUT2D eigenvalue weighted by atomic mass is 16.2. The molecular formula is C16H25N3O. The summed E-state index contributed by atoms with van der Waals surface area (Å²) in [5.74, 6) is 0.166. The number of hydrogen-bond donors (Lipinski definition) is 1. The number of carbonyl (C=O) groups is 1. The first-order valence-corrected chi connectivity index (χ1v) is 7.49. The molecule has 1 saturated heterocycles. The molecule has 0 spiro atoms. The Kier molecular flexibility index (Phi) is 5.56. The average molecular weight is 275 g/mol. The molecule has 1 aromatic rings. The molecule has 0 atom stereocenters. The molecule has 0 saturated carbocycles. The Morgan fingerprint density at radius 2 is 2.00 bits per heavy atom. The summed E-state index contributed by atoms with van der Waals surface area (Å²) in [7, 11) is 1.92. The molecule has 4 heteroatoms. The lowest BCUT2D eigenvalue weighted by atomic mass is 10.1. The van der Waals surface area contributed by atoms with Crippen LogP contribution in [0.5, 0.6) is 0 Å². The Balaban J connectivity index is 1.96. The van der Waals surface area contributed by atoms with E-state index >= 15 is 0 Å². The van der Waals surface area contributed by atoms with E-state index in [0.29, 0.717) is 0 Å². The summed E-state index contributed by atoms with van der Waals surface area (Å²) in [6.07, 6.45) is 1.18. The first kappa shape index (κ1) is 15.0. The SMILES string of the molecule is CCCN1CCN(C(=O)c2cccc(CNC)c2)CC1. The van der Waals surface area contributed by atoms with Gasteiger partial charge in [-0.3, -0.25) is 9.69 Å². The van der Waals surface area contributed by atoms with Crippen molar-refractivity contribution in [3.05, 3.63) is 35.4 Å². The van der Waals surface area contributed by atoms with E-state index in [-0.39, 0.29) is 5.91 Å². The summed E-state index contributed by atoms with van der Waals surface area (Å²) in [6, 6.07) is 7.93. The monoisotopic (exact) mass is 275 g/mol. The second kappa shape index (κ2) is 7.41. The van der Waals surface area contributed by atoms with Crippen molar-refractivity contribution in [1.82, 2.24) is 15.1 Å². The Morgan fingerprint density at radius 3 is 2.65 bits per heavy atom. The van der Waals surface area contributed by atoms with Gasteiger partial charge >= 0.3 is 0 Å². The summed E-state index contributed by atoms with van der Waals surface area (Å²) in [5.41, 5.74) is 1.96. The zero-order valence-electron chi connectivity index (χ0n) is 12.6. The highest BCUT2D eigenvalue weighted by molar-refractivity contribution is 5.94. The van der Waals surface area contributed by atoms with E-state index in [4.69, 9.17) is 0 Å². The molecule has 1 amide bonds. The minimum atomic E-state index is 0.166. The third-order valence-corrected chi connectivity index (χ3v) is 3.75. The zero-order chi connectivity index (χ0) is 14.4. The van der Waals surface area contributed by atoms with Crippen LogP contribution < -0.4 is 5.32 Å². The number of carbonyl (C=O) groups excluding carboxylic acids is 1. The second-order valence-electron chi connectivity index (χ2n) is 5.36. The maximum Gasteiger partial charge on any atom is 0.253 e. The molecule has 1 aliphatic heterocycles. The molecule has 1 heterocycles. The minimum Gasteiger partial charge on any atom is -0.336 e. The maximum absolute atomic E-state index is 12.5. The van der Waals surface area contributed by atoms with Crippen LogP contribution in [-0.4, -0.2) is 55.5 Å². The van der Waals surface area contributed by atoms with Crippen LogP contribution in [0.15, 0.2) is 24.3 Å². The highest BCUT2D eigenvalue weighted by Crippen LogP contribution is 2.11. The van der Waals surface area contributed by atoms with Crippen LogP contribution in [0.4, 0.5) is 0 Å². The van der Waals surface area contributed by atoms with Crippen molar-refractivity contribution in [2.45, 2.75) is 19.9 Å². The summed E-state index contributed by atoms with van der Waals surface area (Å²) in [6.45, 7) is 7.81. The van der Waals surface area contributed by atoms with E-state index in [9.17, 15) is 4.79 Å². The largest absolute Gasteiger partial charge is 0.336 e. The van der Waals surface area contributed by atoms with Crippen LogP contribution in [0.2, 0.25) is 0 Å². The van der Waals surface area contributed by atoms with Gasteiger partial charge < -0.3 is 10.2 Å². The van der Waals surface area contributed by atoms with Gasteiger partial charge in [-0.25, -0.2) is 0 Å². The van der Waals surface area contributed by atoms with Crippen molar-refractivity contribution in [3.8, 4) is 0 Å². The van der Waals surface area contributed by atoms with Gasteiger partial charge in [-0.15, -0.1) is 0 Å². The van der Waals surface area contributed by atoms with Crippen molar-refractivity contribution in [3.63, 3.8) is 0 Å². The highest BCUT2D eigenvalue weighted by Gasteiger charge is 2.21. The minimum absolute atomic E-state index is 0.166. The number of rotatable bonds is 5. The molecule has 1 aromatic carbocycles. The number of amides is 1. The molecular weight excluding hydrogens is 250 g/mol. The van der Waals surface area contributed by atoms with Crippen LogP contribution >= 0.6 is 0 Å². The molecule has 0 radical (unpaired) electrons. The topological polar surface area (TPSA) is 35.6 Å². The van der Waals surface area contributed by atoms with Crippen LogP contribution in [0.25, 0.3) is 0 Å². The fourth-order valence-corrected chi connectivity index (χ4v) is 2.69. The van der Waals surface area contributed by atoms with Crippen molar-refractivity contribution < 1.29 is 4.79 Å². The first-order chi connectivity index (χ1) is 9.74. The molecule has 1 N–H and O–H groups in total. The van der Waals surface area contributed by atoms with Gasteiger partial charge in [0.05, 0.1) is 0 Å². The van der Waals surface area contributed by atoms with Crippen LogP contribution in [0.1, 0.15) is 29.3 Å². The Labute approximate surface area is 121 Å². The third kappa shape index (κ3) is 3.81. The van der Waals surface area contributed by atoms with E-state index in [1.165, 1.54) is 6.42 Å². The van der Waals surface area contributed by atoms with Crippen LogP contribution in [0, 0.1) is 0 Å². The lowest BCUT2D eigenvalue weighted by Gasteiger charge is -2.34. The fraction of sp³-hybridized carbons (Fsp3) is 0.562. The van der Waals surface area contributed by atoms with E-state index in [1.54, 1.807) is 0 Å². The Bertz CT molecular complexity index is 439. The van der Waals surface area contributed by atoms with E-state index < -0.39 is 0 Å². The summed E-state index contributed by atoms with van der Waals surface area (Å²) in [5, 5.41) is 3.12. The summed E-state index contributed by atoms with van der Waals surface area (Å²) in [4.78, 5) is 16.9. The number of hydrogen-bond acceptors (Lipinski definition) is 3. The maximum atomic E-state index is 12.5. The van der Waals surface area contributed by atoms with Gasteiger partial charge in [-0.1, -0.05) is 19.1 Å². The predicted octanol–water partition coefficient (Wildman–Crippen LogP) is 1.57. The molecule has 0 unspecified atom stereocenters. The van der Waals surface area contributed by atoms with Gasteiger partial charge in [0.1, 0.15) is 0 Å².